The Hall–Kier alpha value is -2.47. The molecule has 2 aromatic rings. The number of aromatic nitrogens is 2. The summed E-state index contributed by atoms with van der Waals surface area (Å²) in [6, 6.07) is 8.97. The van der Waals surface area contributed by atoms with E-state index in [2.05, 4.69) is 38.0 Å². The van der Waals surface area contributed by atoms with Crippen LogP contribution in [-0.2, 0) is 0 Å². The fourth-order valence-electron chi connectivity index (χ4n) is 5.47. The van der Waals surface area contributed by atoms with Crippen LogP contribution in [-0.4, -0.2) is 64.5 Å². The van der Waals surface area contributed by atoms with Gasteiger partial charge in [-0.05, 0) is 56.5 Å². The van der Waals surface area contributed by atoms with E-state index in [1.165, 1.54) is 18.4 Å². The number of carbonyl (C=O) groups is 1. The second-order valence-electron chi connectivity index (χ2n) is 8.24. The Morgan fingerprint density at radius 3 is 2.68 bits per heavy atom. The van der Waals surface area contributed by atoms with Crippen LogP contribution >= 0.6 is 0 Å². The van der Waals surface area contributed by atoms with Crippen molar-refractivity contribution in [2.24, 2.45) is 5.92 Å². The van der Waals surface area contributed by atoms with E-state index in [9.17, 15) is 4.79 Å². The van der Waals surface area contributed by atoms with E-state index in [0.29, 0.717) is 23.6 Å². The topological polar surface area (TPSA) is 58.6 Å². The first-order chi connectivity index (χ1) is 13.7. The number of ether oxygens (including phenoxy) is 1. The number of hydrogen-bond acceptors (Lipinski definition) is 5. The van der Waals surface area contributed by atoms with Crippen molar-refractivity contribution in [1.29, 1.82) is 0 Å². The Morgan fingerprint density at radius 1 is 1.14 bits per heavy atom. The molecule has 0 radical (unpaired) electrons. The molecule has 1 aromatic heterocycles. The minimum atomic E-state index is 0.0154. The zero-order chi connectivity index (χ0) is 19.3. The molecular weight excluding hydrogens is 352 g/mol. The van der Waals surface area contributed by atoms with Crippen LogP contribution < -0.4 is 4.74 Å². The van der Waals surface area contributed by atoms with Crippen molar-refractivity contribution in [2.45, 2.75) is 37.8 Å². The molecule has 4 aliphatic rings. The highest BCUT2D eigenvalue weighted by atomic mass is 16.5. The van der Waals surface area contributed by atoms with Crippen LogP contribution in [0.25, 0.3) is 0 Å². The number of carbonyl (C=O) groups excluding carboxylic acids is 1. The van der Waals surface area contributed by atoms with Gasteiger partial charge in [0, 0.05) is 24.7 Å². The van der Waals surface area contributed by atoms with Crippen molar-refractivity contribution in [1.82, 2.24) is 19.8 Å². The van der Waals surface area contributed by atoms with E-state index < -0.39 is 0 Å². The van der Waals surface area contributed by atoms with Crippen molar-refractivity contribution in [3.05, 3.63) is 53.6 Å². The lowest BCUT2D eigenvalue weighted by atomic mass is 9.75. The van der Waals surface area contributed by atoms with Crippen molar-refractivity contribution in [3.8, 4) is 5.75 Å². The SMILES string of the molecule is COc1cccc(C2CN(C(=O)c3cnc(C)cn3)C3C4CCN(CC4)C23)c1. The van der Waals surface area contributed by atoms with Crippen molar-refractivity contribution >= 4 is 5.91 Å². The number of fused-ring (bicyclic) bond motifs is 2. The molecule has 2 bridgehead atoms. The number of likely N-dealkylation sites (tertiary alicyclic amines) is 1. The first-order valence-electron chi connectivity index (χ1n) is 10.1. The maximum Gasteiger partial charge on any atom is 0.274 e. The molecule has 0 saturated carbocycles. The van der Waals surface area contributed by atoms with Crippen LogP contribution in [0, 0.1) is 12.8 Å². The molecule has 4 saturated heterocycles. The molecule has 6 nitrogen and oxygen atoms in total. The Bertz CT molecular complexity index is 876. The number of rotatable bonds is 3. The lowest BCUT2D eigenvalue weighted by Crippen LogP contribution is -2.60. The third kappa shape index (κ3) is 2.78. The average Bonchev–Trinajstić information content (AvgIpc) is 3.18. The fraction of sp³-hybridized carbons (Fsp3) is 0.500. The molecule has 0 N–H and O–H groups in total. The Kier molecular flexibility index (Phi) is 4.31. The summed E-state index contributed by atoms with van der Waals surface area (Å²) in [5.41, 5.74) is 2.53. The second kappa shape index (κ2) is 6.85. The molecule has 6 heteroatoms. The molecular formula is C22H26N4O2. The summed E-state index contributed by atoms with van der Waals surface area (Å²) in [5.74, 6) is 1.76. The van der Waals surface area contributed by atoms with Gasteiger partial charge in [-0.3, -0.25) is 14.7 Å². The number of hydrogen-bond donors (Lipinski definition) is 0. The number of benzene rings is 1. The van der Waals surface area contributed by atoms with Crippen LogP contribution in [0.3, 0.4) is 0 Å². The molecule has 3 unspecified atom stereocenters. The molecule has 0 aliphatic carbocycles. The van der Waals surface area contributed by atoms with Crippen LogP contribution in [0.4, 0.5) is 0 Å². The summed E-state index contributed by atoms with van der Waals surface area (Å²) in [5, 5.41) is 0. The van der Waals surface area contributed by atoms with E-state index in [1.807, 2.05) is 13.0 Å². The zero-order valence-corrected chi connectivity index (χ0v) is 16.4. The molecule has 28 heavy (non-hydrogen) atoms. The Labute approximate surface area is 165 Å². The molecule has 1 aromatic carbocycles. The van der Waals surface area contributed by atoms with Crippen LogP contribution in [0.2, 0.25) is 0 Å². The lowest BCUT2D eigenvalue weighted by molar-refractivity contribution is -0.00360. The van der Waals surface area contributed by atoms with Gasteiger partial charge in [0.25, 0.3) is 5.91 Å². The van der Waals surface area contributed by atoms with E-state index in [-0.39, 0.29) is 11.9 Å². The average molecular weight is 378 g/mol. The highest BCUT2D eigenvalue weighted by Gasteiger charge is 2.54. The maximum atomic E-state index is 13.4. The van der Waals surface area contributed by atoms with Gasteiger partial charge in [-0.15, -0.1) is 0 Å². The molecule has 1 amide bonds. The maximum absolute atomic E-state index is 13.4. The highest BCUT2D eigenvalue weighted by Crippen LogP contribution is 2.47. The zero-order valence-electron chi connectivity index (χ0n) is 16.4. The molecule has 3 atom stereocenters. The van der Waals surface area contributed by atoms with Crippen LogP contribution in [0.15, 0.2) is 36.7 Å². The van der Waals surface area contributed by atoms with Gasteiger partial charge >= 0.3 is 0 Å². The third-order valence-corrected chi connectivity index (χ3v) is 6.78. The van der Waals surface area contributed by atoms with Gasteiger partial charge < -0.3 is 9.64 Å². The van der Waals surface area contributed by atoms with Gasteiger partial charge in [-0.1, -0.05) is 12.1 Å². The monoisotopic (exact) mass is 378 g/mol. The third-order valence-electron chi connectivity index (χ3n) is 6.78. The Morgan fingerprint density at radius 2 is 1.96 bits per heavy atom. The van der Waals surface area contributed by atoms with Crippen molar-refractivity contribution < 1.29 is 9.53 Å². The highest BCUT2D eigenvalue weighted by molar-refractivity contribution is 5.92. The molecule has 146 valence electrons. The Balaban J connectivity index is 1.51. The lowest BCUT2D eigenvalue weighted by Gasteiger charge is -2.51. The first kappa shape index (κ1) is 17.6. The van der Waals surface area contributed by atoms with Gasteiger partial charge in [0.1, 0.15) is 11.4 Å². The molecule has 0 spiro atoms. The summed E-state index contributed by atoms with van der Waals surface area (Å²) < 4.78 is 5.45. The van der Waals surface area contributed by atoms with Gasteiger partial charge in [0.15, 0.2) is 0 Å². The predicted octanol–water partition coefficient (Wildman–Crippen LogP) is 2.50. The summed E-state index contributed by atoms with van der Waals surface area (Å²) in [6.07, 6.45) is 5.65. The summed E-state index contributed by atoms with van der Waals surface area (Å²) in [7, 11) is 1.70. The van der Waals surface area contributed by atoms with Gasteiger partial charge in [0.2, 0.25) is 0 Å². The fourth-order valence-corrected chi connectivity index (χ4v) is 5.47. The van der Waals surface area contributed by atoms with E-state index >= 15 is 0 Å². The number of amides is 1. The van der Waals surface area contributed by atoms with Crippen LogP contribution in [0.1, 0.15) is 40.5 Å². The predicted molar refractivity (Wildman–Crippen MR) is 105 cm³/mol. The number of methoxy groups -OCH3 is 1. The molecule has 4 fully saturated rings. The summed E-state index contributed by atoms with van der Waals surface area (Å²) in [6.45, 7) is 4.89. The molecule has 6 rings (SSSR count). The van der Waals surface area contributed by atoms with Crippen molar-refractivity contribution in [2.75, 3.05) is 26.7 Å². The quantitative estimate of drug-likeness (QED) is 0.821. The minimum absolute atomic E-state index is 0.0154. The van der Waals surface area contributed by atoms with E-state index in [1.54, 1.807) is 19.5 Å². The molecule has 5 heterocycles. The molecule has 4 aliphatic heterocycles. The largest absolute Gasteiger partial charge is 0.497 e. The van der Waals surface area contributed by atoms with Gasteiger partial charge in [-0.25, -0.2) is 4.98 Å². The summed E-state index contributed by atoms with van der Waals surface area (Å²) >= 11 is 0. The number of piperidine rings is 3. The van der Waals surface area contributed by atoms with Gasteiger partial charge in [-0.2, -0.15) is 0 Å². The van der Waals surface area contributed by atoms with Crippen LogP contribution in [0.5, 0.6) is 5.75 Å². The standard InChI is InChI=1S/C22H26N4O2/c1-14-11-24-19(12-23-14)22(27)26-13-18(16-4-3-5-17(10-16)28-2)21-20(26)15-6-8-25(21)9-7-15/h3-5,10-12,15,18,20-21H,6-9,13H2,1-2H3. The second-order valence-corrected chi connectivity index (χ2v) is 8.24. The van der Waals surface area contributed by atoms with Gasteiger partial charge in [0.05, 0.1) is 25.0 Å². The number of aryl methyl sites for hydroxylation is 1. The smallest absolute Gasteiger partial charge is 0.274 e. The summed E-state index contributed by atoms with van der Waals surface area (Å²) in [4.78, 5) is 26.7. The normalized spacial score (nSPS) is 30.9. The number of nitrogens with zero attached hydrogens (tertiary/aromatic N) is 4. The van der Waals surface area contributed by atoms with E-state index in [4.69, 9.17) is 4.74 Å². The van der Waals surface area contributed by atoms with E-state index in [0.717, 1.165) is 31.1 Å². The first-order valence-corrected chi connectivity index (χ1v) is 10.1. The minimum Gasteiger partial charge on any atom is -0.497 e. The van der Waals surface area contributed by atoms with Crippen molar-refractivity contribution in [3.63, 3.8) is 0 Å².